The van der Waals surface area contributed by atoms with Gasteiger partial charge in [0.25, 0.3) is 17.7 Å². The number of aryl methyl sites for hydroxylation is 1. The number of hydrogen-bond acceptors (Lipinski definition) is 7. The number of carbonyl (C=O) groups is 5. The zero-order chi connectivity index (χ0) is 27.2. The Morgan fingerprint density at radius 2 is 1.68 bits per heavy atom. The van der Waals surface area contributed by atoms with Gasteiger partial charge in [0.15, 0.2) is 6.61 Å². The molecule has 1 saturated heterocycles. The van der Waals surface area contributed by atoms with Crippen molar-refractivity contribution < 1.29 is 33.4 Å². The number of barbiturate groups is 1. The lowest BCUT2D eigenvalue weighted by Gasteiger charge is -2.26. The molecule has 2 N–H and O–H groups in total. The van der Waals surface area contributed by atoms with E-state index in [4.69, 9.17) is 4.74 Å². The van der Waals surface area contributed by atoms with Crippen LogP contribution in [0.2, 0.25) is 0 Å². The summed E-state index contributed by atoms with van der Waals surface area (Å²) in [7, 11) is 1.24. The van der Waals surface area contributed by atoms with E-state index in [-0.39, 0.29) is 29.3 Å². The molecule has 0 unspecified atom stereocenters. The molecule has 10 heteroatoms. The monoisotopic (exact) mass is 513 g/mol. The lowest BCUT2D eigenvalue weighted by Crippen LogP contribution is -2.54. The van der Waals surface area contributed by atoms with Crippen LogP contribution in [0.3, 0.4) is 0 Å². The number of anilines is 2. The average Bonchev–Trinajstić information content (AvgIpc) is 2.90. The summed E-state index contributed by atoms with van der Waals surface area (Å²) in [5.74, 6) is -2.14. The number of nitrogens with one attached hydrogen (secondary N) is 2. The topological polar surface area (TPSA) is 131 Å². The molecule has 0 bridgehead atoms. The van der Waals surface area contributed by atoms with Crippen LogP contribution >= 0.6 is 0 Å². The summed E-state index contributed by atoms with van der Waals surface area (Å²) < 4.78 is 10.2. The molecule has 0 saturated carbocycles. The lowest BCUT2D eigenvalue weighted by molar-refractivity contribution is -0.122. The molecule has 0 aromatic heterocycles. The Bertz CT molecular complexity index is 1440. The summed E-state index contributed by atoms with van der Waals surface area (Å²) in [5, 5.41) is 4.89. The maximum absolute atomic E-state index is 13.1. The number of amides is 5. The smallest absolute Gasteiger partial charge is 0.337 e. The number of carbonyl (C=O) groups excluding carboxylic acids is 5. The van der Waals surface area contributed by atoms with E-state index < -0.39 is 23.8 Å². The van der Waals surface area contributed by atoms with Gasteiger partial charge in [-0.2, -0.15) is 0 Å². The highest BCUT2D eigenvalue weighted by atomic mass is 16.5. The maximum atomic E-state index is 13.1. The second-order valence-corrected chi connectivity index (χ2v) is 8.27. The largest absolute Gasteiger partial charge is 0.484 e. The van der Waals surface area contributed by atoms with E-state index in [0.717, 1.165) is 10.5 Å². The fourth-order valence-electron chi connectivity index (χ4n) is 3.65. The summed E-state index contributed by atoms with van der Waals surface area (Å²) in [6.45, 7) is 1.72. The van der Waals surface area contributed by atoms with Crippen LogP contribution in [-0.2, 0) is 19.1 Å². The lowest BCUT2D eigenvalue weighted by atomic mass is 10.1. The molecule has 3 aromatic carbocycles. The van der Waals surface area contributed by atoms with Crippen LogP contribution in [0.15, 0.2) is 78.4 Å². The fourth-order valence-corrected chi connectivity index (χ4v) is 3.65. The van der Waals surface area contributed by atoms with Crippen molar-refractivity contribution in [3.05, 3.63) is 95.1 Å². The van der Waals surface area contributed by atoms with Crippen LogP contribution in [0.1, 0.15) is 21.5 Å². The molecule has 0 radical (unpaired) electrons. The fraction of sp³-hybridized carbons (Fsp3) is 0.107. The minimum absolute atomic E-state index is 0.172. The Morgan fingerprint density at radius 3 is 2.34 bits per heavy atom. The van der Waals surface area contributed by atoms with Gasteiger partial charge < -0.3 is 14.8 Å². The van der Waals surface area contributed by atoms with Crippen molar-refractivity contribution in [3.63, 3.8) is 0 Å². The number of rotatable bonds is 7. The number of ether oxygens (including phenoxy) is 2. The molecular weight excluding hydrogens is 490 g/mol. The van der Waals surface area contributed by atoms with Gasteiger partial charge in [0.05, 0.1) is 18.4 Å². The predicted octanol–water partition coefficient (Wildman–Crippen LogP) is 3.47. The van der Waals surface area contributed by atoms with Gasteiger partial charge in [0.2, 0.25) is 0 Å². The highest BCUT2D eigenvalue weighted by molar-refractivity contribution is 6.39. The Hall–Kier alpha value is -5.25. The van der Waals surface area contributed by atoms with E-state index in [9.17, 15) is 24.0 Å². The number of urea groups is 1. The molecule has 38 heavy (non-hydrogen) atoms. The summed E-state index contributed by atoms with van der Waals surface area (Å²) >= 11 is 0. The summed E-state index contributed by atoms with van der Waals surface area (Å²) in [6.07, 6.45) is 1.34. The molecule has 5 amide bonds. The van der Waals surface area contributed by atoms with Crippen molar-refractivity contribution in [1.82, 2.24) is 5.32 Å². The number of hydrogen-bond donors (Lipinski definition) is 2. The predicted molar refractivity (Wildman–Crippen MR) is 139 cm³/mol. The van der Waals surface area contributed by atoms with Gasteiger partial charge >= 0.3 is 12.0 Å². The minimum Gasteiger partial charge on any atom is -0.484 e. The van der Waals surface area contributed by atoms with Crippen LogP contribution < -0.4 is 20.3 Å². The third-order valence-electron chi connectivity index (χ3n) is 5.51. The molecule has 1 aliphatic heterocycles. The Morgan fingerprint density at radius 1 is 0.974 bits per heavy atom. The molecule has 4 rings (SSSR count). The van der Waals surface area contributed by atoms with Crippen molar-refractivity contribution in [2.45, 2.75) is 6.92 Å². The van der Waals surface area contributed by atoms with Crippen LogP contribution in [0.5, 0.6) is 5.75 Å². The first-order valence-electron chi connectivity index (χ1n) is 11.4. The Labute approximate surface area is 217 Å². The molecule has 3 aromatic rings. The van der Waals surface area contributed by atoms with E-state index in [1.54, 1.807) is 30.3 Å². The van der Waals surface area contributed by atoms with E-state index in [1.807, 2.05) is 25.1 Å². The quantitative estimate of drug-likeness (QED) is 0.281. The third kappa shape index (κ3) is 5.93. The van der Waals surface area contributed by atoms with Gasteiger partial charge in [-0.3, -0.25) is 19.7 Å². The van der Waals surface area contributed by atoms with Crippen molar-refractivity contribution in [1.29, 1.82) is 0 Å². The molecule has 0 atom stereocenters. The highest BCUT2D eigenvalue weighted by Crippen LogP contribution is 2.23. The van der Waals surface area contributed by atoms with E-state index >= 15 is 0 Å². The van der Waals surface area contributed by atoms with Crippen LogP contribution in [0.4, 0.5) is 16.2 Å². The van der Waals surface area contributed by atoms with Gasteiger partial charge in [-0.25, -0.2) is 14.5 Å². The SMILES string of the molecule is COC(=O)c1ccc(N2C(=O)NC(=O)/C(=C\c3ccc(OCC(=O)Nc4cccc(C)c4)cc3)C2=O)cc1. The van der Waals surface area contributed by atoms with Crippen LogP contribution in [-0.4, -0.2) is 43.4 Å². The molecule has 0 aliphatic carbocycles. The Balaban J connectivity index is 1.43. The zero-order valence-corrected chi connectivity index (χ0v) is 20.5. The van der Waals surface area contributed by atoms with Crippen LogP contribution in [0, 0.1) is 6.92 Å². The van der Waals surface area contributed by atoms with Crippen molar-refractivity contribution in [2.24, 2.45) is 0 Å². The first kappa shape index (κ1) is 25.8. The van der Waals surface area contributed by atoms with Crippen molar-refractivity contribution >= 4 is 47.2 Å². The molecule has 1 aliphatic rings. The standard InChI is InChI=1S/C28H23N3O7/c1-17-4-3-5-20(14-17)29-24(32)16-38-22-12-6-18(7-13-22)15-23-25(33)30-28(36)31(26(23)34)21-10-8-19(9-11-21)27(35)37-2/h3-15H,16H2,1-2H3,(H,29,32)(H,30,33,36)/b23-15+. The van der Waals surface area contributed by atoms with Gasteiger partial charge in [-0.05, 0) is 72.7 Å². The summed E-state index contributed by atoms with van der Waals surface area (Å²) in [6, 6.07) is 18.5. The zero-order valence-electron chi connectivity index (χ0n) is 20.5. The van der Waals surface area contributed by atoms with Gasteiger partial charge in [0.1, 0.15) is 11.3 Å². The van der Waals surface area contributed by atoms with Gasteiger partial charge in [0, 0.05) is 5.69 Å². The van der Waals surface area contributed by atoms with Crippen molar-refractivity contribution in [3.8, 4) is 5.75 Å². The summed E-state index contributed by atoms with van der Waals surface area (Å²) in [5.41, 5.74) is 2.34. The minimum atomic E-state index is -0.907. The maximum Gasteiger partial charge on any atom is 0.337 e. The van der Waals surface area contributed by atoms with Gasteiger partial charge in [-0.1, -0.05) is 24.3 Å². The first-order valence-corrected chi connectivity index (χ1v) is 11.4. The number of benzene rings is 3. The molecule has 0 spiro atoms. The van der Waals surface area contributed by atoms with Crippen LogP contribution in [0.25, 0.3) is 6.08 Å². The average molecular weight is 514 g/mol. The number of nitrogens with zero attached hydrogens (tertiary/aromatic N) is 1. The van der Waals surface area contributed by atoms with E-state index in [0.29, 0.717) is 17.0 Å². The Kier molecular flexibility index (Phi) is 7.62. The summed E-state index contributed by atoms with van der Waals surface area (Å²) in [4.78, 5) is 62.5. The molecular formula is C28H23N3O7. The van der Waals surface area contributed by atoms with E-state index in [1.165, 1.54) is 37.5 Å². The first-order chi connectivity index (χ1) is 18.2. The molecule has 1 heterocycles. The normalized spacial score (nSPS) is 14.2. The molecule has 1 fully saturated rings. The van der Waals surface area contributed by atoms with E-state index in [2.05, 4.69) is 15.4 Å². The number of imide groups is 2. The molecule has 10 nitrogen and oxygen atoms in total. The highest BCUT2D eigenvalue weighted by Gasteiger charge is 2.36. The van der Waals surface area contributed by atoms with Gasteiger partial charge in [-0.15, -0.1) is 0 Å². The second kappa shape index (κ2) is 11.2. The second-order valence-electron chi connectivity index (χ2n) is 8.27. The molecule has 192 valence electrons. The van der Waals surface area contributed by atoms with Crippen molar-refractivity contribution in [2.75, 3.05) is 23.9 Å². The number of esters is 1. The third-order valence-corrected chi connectivity index (χ3v) is 5.51. The number of methoxy groups -OCH3 is 1.